The third-order valence-electron chi connectivity index (χ3n) is 4.00. The molecule has 0 fully saturated rings. The molecule has 2 aromatic carbocycles. The second-order valence-corrected chi connectivity index (χ2v) is 6.57. The molecule has 0 saturated carbocycles. The van der Waals surface area contributed by atoms with Gasteiger partial charge in [-0.25, -0.2) is 9.67 Å². The van der Waals surface area contributed by atoms with Gasteiger partial charge in [0.05, 0.1) is 11.7 Å². The van der Waals surface area contributed by atoms with E-state index in [1.165, 1.54) is 6.33 Å². The maximum absolute atomic E-state index is 12.6. The van der Waals surface area contributed by atoms with Gasteiger partial charge in [-0.05, 0) is 47.9 Å². The molecule has 5 nitrogen and oxygen atoms in total. The fourth-order valence-electron chi connectivity index (χ4n) is 2.64. The number of halogens is 1. The van der Waals surface area contributed by atoms with Crippen LogP contribution in [0.2, 0.25) is 5.02 Å². The first-order valence-corrected chi connectivity index (χ1v) is 8.44. The van der Waals surface area contributed by atoms with Crippen LogP contribution in [0.4, 0.5) is 0 Å². The summed E-state index contributed by atoms with van der Waals surface area (Å²) in [7, 11) is 0. The van der Waals surface area contributed by atoms with Crippen molar-refractivity contribution in [2.45, 2.75) is 19.9 Å². The van der Waals surface area contributed by atoms with Crippen LogP contribution in [-0.4, -0.2) is 20.7 Å². The van der Waals surface area contributed by atoms with Crippen LogP contribution in [0.15, 0.2) is 61.2 Å². The zero-order chi connectivity index (χ0) is 17.8. The van der Waals surface area contributed by atoms with E-state index in [2.05, 4.69) is 29.2 Å². The van der Waals surface area contributed by atoms with Gasteiger partial charge in [0.2, 0.25) is 0 Å². The Morgan fingerprint density at radius 1 is 1.08 bits per heavy atom. The van der Waals surface area contributed by atoms with Crippen molar-refractivity contribution in [1.29, 1.82) is 0 Å². The smallest absolute Gasteiger partial charge is 0.251 e. The summed E-state index contributed by atoms with van der Waals surface area (Å²) in [5.74, 6) is 0.137. The molecule has 1 amide bonds. The Labute approximate surface area is 151 Å². The van der Waals surface area contributed by atoms with Crippen molar-refractivity contribution < 1.29 is 4.79 Å². The number of benzene rings is 2. The van der Waals surface area contributed by atoms with Gasteiger partial charge in [0.1, 0.15) is 12.7 Å². The van der Waals surface area contributed by atoms with Gasteiger partial charge in [0.15, 0.2) is 0 Å². The Bertz CT molecular complexity index is 827. The van der Waals surface area contributed by atoms with Gasteiger partial charge in [-0.3, -0.25) is 4.79 Å². The number of aromatic nitrogens is 3. The summed E-state index contributed by atoms with van der Waals surface area (Å²) in [6, 6.07) is 14.7. The van der Waals surface area contributed by atoms with Gasteiger partial charge in [0.25, 0.3) is 5.91 Å². The largest absolute Gasteiger partial charge is 0.345 e. The van der Waals surface area contributed by atoms with Crippen LogP contribution >= 0.6 is 11.6 Å². The topological polar surface area (TPSA) is 59.8 Å². The molecule has 0 aliphatic carbocycles. The summed E-state index contributed by atoms with van der Waals surface area (Å²) in [5.41, 5.74) is 2.49. The number of hydrogen-bond donors (Lipinski definition) is 1. The predicted molar refractivity (Wildman–Crippen MR) is 97.9 cm³/mol. The van der Waals surface area contributed by atoms with Crippen LogP contribution in [0.25, 0.3) is 5.69 Å². The second kappa shape index (κ2) is 7.49. The minimum atomic E-state index is -0.112. The van der Waals surface area contributed by atoms with E-state index in [9.17, 15) is 4.79 Å². The summed E-state index contributed by atoms with van der Waals surface area (Å²) in [6.45, 7) is 4.15. The molecule has 3 aromatic rings. The van der Waals surface area contributed by atoms with Crippen molar-refractivity contribution >= 4 is 17.5 Å². The highest BCUT2D eigenvalue weighted by atomic mass is 35.5. The molecule has 25 heavy (non-hydrogen) atoms. The monoisotopic (exact) mass is 354 g/mol. The van der Waals surface area contributed by atoms with Gasteiger partial charge >= 0.3 is 0 Å². The molecule has 128 valence electrons. The van der Waals surface area contributed by atoms with Crippen LogP contribution in [0, 0.1) is 5.92 Å². The molecule has 0 spiro atoms. The summed E-state index contributed by atoms with van der Waals surface area (Å²) < 4.78 is 1.65. The standard InChI is InChI=1S/C19H19ClN4O/c1-13(2)18(14-3-7-16(20)8-4-14)23-19(25)15-5-9-17(10-6-15)24-12-21-11-22-24/h3-13,18H,1-2H3,(H,23,25). The maximum atomic E-state index is 12.6. The third kappa shape index (κ3) is 4.06. The molecule has 0 aliphatic heterocycles. The number of nitrogens with one attached hydrogen (secondary N) is 1. The first kappa shape index (κ1) is 17.2. The number of carbonyl (C=O) groups excluding carboxylic acids is 1. The van der Waals surface area contributed by atoms with E-state index in [0.29, 0.717) is 10.6 Å². The van der Waals surface area contributed by atoms with Crippen molar-refractivity contribution in [3.8, 4) is 5.69 Å². The van der Waals surface area contributed by atoms with E-state index in [1.54, 1.807) is 23.1 Å². The summed E-state index contributed by atoms with van der Waals surface area (Å²) in [6.07, 6.45) is 3.09. The Hall–Kier alpha value is -2.66. The SMILES string of the molecule is CC(C)C(NC(=O)c1ccc(-n2cncn2)cc1)c1ccc(Cl)cc1. The molecule has 3 rings (SSSR count). The Morgan fingerprint density at radius 3 is 2.32 bits per heavy atom. The van der Waals surface area contributed by atoms with E-state index >= 15 is 0 Å². The zero-order valence-corrected chi connectivity index (χ0v) is 14.8. The van der Waals surface area contributed by atoms with E-state index in [0.717, 1.165) is 11.3 Å². The summed E-state index contributed by atoms with van der Waals surface area (Å²) >= 11 is 5.96. The van der Waals surface area contributed by atoms with Crippen molar-refractivity contribution in [2.24, 2.45) is 5.92 Å². The van der Waals surface area contributed by atoms with Crippen LogP contribution in [0.1, 0.15) is 35.8 Å². The van der Waals surface area contributed by atoms with E-state index in [1.807, 2.05) is 36.4 Å². The molecule has 0 saturated heterocycles. The summed E-state index contributed by atoms with van der Waals surface area (Å²) in [5, 5.41) is 7.86. The van der Waals surface area contributed by atoms with Crippen molar-refractivity contribution in [1.82, 2.24) is 20.1 Å². The van der Waals surface area contributed by atoms with Crippen molar-refractivity contribution in [2.75, 3.05) is 0 Å². The average molecular weight is 355 g/mol. The molecular formula is C19H19ClN4O. The van der Waals surface area contributed by atoms with Crippen LogP contribution in [-0.2, 0) is 0 Å². The maximum Gasteiger partial charge on any atom is 0.251 e. The predicted octanol–water partition coefficient (Wildman–Crippen LogP) is 4.05. The highest BCUT2D eigenvalue weighted by molar-refractivity contribution is 6.30. The molecule has 0 radical (unpaired) electrons. The minimum Gasteiger partial charge on any atom is -0.345 e. The molecular weight excluding hydrogens is 336 g/mol. The number of nitrogens with zero attached hydrogens (tertiary/aromatic N) is 3. The van der Waals surface area contributed by atoms with Crippen molar-refractivity contribution in [3.05, 3.63) is 77.3 Å². The van der Waals surface area contributed by atoms with Crippen LogP contribution in [0.3, 0.4) is 0 Å². The average Bonchev–Trinajstić information content (AvgIpc) is 3.15. The molecule has 0 bridgehead atoms. The van der Waals surface area contributed by atoms with Crippen molar-refractivity contribution in [3.63, 3.8) is 0 Å². The van der Waals surface area contributed by atoms with E-state index in [4.69, 9.17) is 11.6 Å². The Kier molecular flexibility index (Phi) is 5.14. The number of rotatable bonds is 5. The lowest BCUT2D eigenvalue weighted by molar-refractivity contribution is 0.0925. The summed E-state index contributed by atoms with van der Waals surface area (Å²) in [4.78, 5) is 16.5. The first-order chi connectivity index (χ1) is 12.0. The minimum absolute atomic E-state index is 0.0836. The Morgan fingerprint density at radius 2 is 1.76 bits per heavy atom. The first-order valence-electron chi connectivity index (χ1n) is 8.06. The van der Waals surface area contributed by atoms with Gasteiger partial charge in [-0.15, -0.1) is 0 Å². The quantitative estimate of drug-likeness (QED) is 0.752. The lowest BCUT2D eigenvalue weighted by atomic mass is 9.95. The second-order valence-electron chi connectivity index (χ2n) is 6.13. The molecule has 6 heteroatoms. The number of amides is 1. The molecule has 1 aromatic heterocycles. The van der Waals surface area contributed by atoms with Gasteiger partial charge in [-0.2, -0.15) is 5.10 Å². The Balaban J connectivity index is 1.76. The number of carbonyl (C=O) groups is 1. The third-order valence-corrected chi connectivity index (χ3v) is 4.25. The highest BCUT2D eigenvalue weighted by Gasteiger charge is 2.19. The molecule has 1 N–H and O–H groups in total. The fraction of sp³-hybridized carbons (Fsp3) is 0.211. The van der Waals surface area contributed by atoms with Gasteiger partial charge < -0.3 is 5.32 Å². The van der Waals surface area contributed by atoms with E-state index in [-0.39, 0.29) is 17.9 Å². The lowest BCUT2D eigenvalue weighted by Gasteiger charge is -2.23. The van der Waals surface area contributed by atoms with Crippen LogP contribution in [0.5, 0.6) is 0 Å². The van der Waals surface area contributed by atoms with E-state index < -0.39 is 0 Å². The molecule has 1 heterocycles. The van der Waals surface area contributed by atoms with Gasteiger partial charge in [-0.1, -0.05) is 37.6 Å². The number of hydrogen-bond acceptors (Lipinski definition) is 3. The highest BCUT2D eigenvalue weighted by Crippen LogP contribution is 2.24. The zero-order valence-electron chi connectivity index (χ0n) is 14.1. The normalized spacial score (nSPS) is 12.2. The molecule has 1 unspecified atom stereocenters. The molecule has 0 aliphatic rings. The van der Waals surface area contributed by atoms with Crippen LogP contribution < -0.4 is 5.32 Å². The van der Waals surface area contributed by atoms with Gasteiger partial charge in [0, 0.05) is 10.6 Å². The fourth-order valence-corrected chi connectivity index (χ4v) is 2.76. The molecule has 1 atom stereocenters. The lowest BCUT2D eigenvalue weighted by Crippen LogP contribution is -2.31.